The largest absolute Gasteiger partial charge is 0.357 e. The second-order valence-corrected chi connectivity index (χ2v) is 8.72. The van der Waals surface area contributed by atoms with Crippen molar-refractivity contribution in [2.75, 3.05) is 12.4 Å². The van der Waals surface area contributed by atoms with Gasteiger partial charge in [-0.2, -0.15) is 4.39 Å². The first-order valence-corrected chi connectivity index (χ1v) is 11.2. The van der Waals surface area contributed by atoms with Gasteiger partial charge in [0.05, 0.1) is 23.1 Å². The topological polar surface area (TPSA) is 122 Å². The molecule has 3 rings (SSSR count). The number of carbonyl (C=O) groups is 4. The molecular weight excluding hydrogens is 441 g/mol. The van der Waals surface area contributed by atoms with Crippen molar-refractivity contribution in [1.82, 2.24) is 20.2 Å². The summed E-state index contributed by atoms with van der Waals surface area (Å²) in [4.78, 5) is 55.0. The number of ketones is 1. The van der Waals surface area contributed by atoms with Gasteiger partial charge < -0.3 is 20.5 Å². The van der Waals surface area contributed by atoms with E-state index in [1.54, 1.807) is 20.9 Å². The van der Waals surface area contributed by atoms with Crippen molar-refractivity contribution in [3.05, 3.63) is 46.3 Å². The van der Waals surface area contributed by atoms with E-state index in [4.69, 9.17) is 0 Å². The summed E-state index contributed by atoms with van der Waals surface area (Å²) in [6.45, 7) is 4.78. The van der Waals surface area contributed by atoms with Crippen LogP contribution in [0.15, 0.2) is 12.3 Å². The Morgan fingerprint density at radius 1 is 1.15 bits per heavy atom. The maximum absolute atomic E-state index is 13.4. The maximum atomic E-state index is 13.4. The van der Waals surface area contributed by atoms with Crippen LogP contribution in [0.4, 0.5) is 10.1 Å². The van der Waals surface area contributed by atoms with E-state index in [9.17, 15) is 23.6 Å². The summed E-state index contributed by atoms with van der Waals surface area (Å²) in [5.74, 6) is -3.22. The van der Waals surface area contributed by atoms with E-state index in [-0.39, 0.29) is 28.6 Å². The van der Waals surface area contributed by atoms with Crippen molar-refractivity contribution in [3.8, 4) is 0 Å². The van der Waals surface area contributed by atoms with Crippen LogP contribution in [0.1, 0.15) is 63.4 Å². The molecule has 1 aliphatic rings. The molecule has 2 aromatic rings. The first kappa shape index (κ1) is 25.1. The van der Waals surface area contributed by atoms with Gasteiger partial charge in [0.25, 0.3) is 17.6 Å². The van der Waals surface area contributed by atoms with Crippen molar-refractivity contribution in [2.24, 2.45) is 13.0 Å². The van der Waals surface area contributed by atoms with Crippen LogP contribution in [0.5, 0.6) is 0 Å². The average Bonchev–Trinajstić information content (AvgIpc) is 3.40. The van der Waals surface area contributed by atoms with Gasteiger partial charge in [-0.1, -0.05) is 12.8 Å². The van der Waals surface area contributed by atoms with Gasteiger partial charge in [-0.3, -0.25) is 19.2 Å². The number of rotatable bonds is 7. The standard InChI is InChI=1S/C24H30FN5O4/c1-12-10-16(11-27-21(12)25)28-22(32)17-13(2)19(30(5)14(17)3)20(31)24(34)29-18(23(33)26-4)15-8-6-7-9-15/h10-11,15,18H,6-9H2,1-5H3,(H,26,33)(H,28,32)(H,29,34)/t18-/m0/s1. The Labute approximate surface area is 197 Å². The molecule has 0 aromatic carbocycles. The number of Topliss-reactive ketones (excluding diaryl/α,β-unsaturated/α-hetero) is 1. The second-order valence-electron chi connectivity index (χ2n) is 8.72. The van der Waals surface area contributed by atoms with Crippen molar-refractivity contribution in [3.63, 3.8) is 0 Å². The zero-order chi connectivity index (χ0) is 25.2. The normalized spacial score (nSPS) is 14.5. The minimum absolute atomic E-state index is 0.0259. The molecule has 182 valence electrons. The Balaban J connectivity index is 1.85. The number of likely N-dealkylation sites (N-methyl/N-ethyl adjacent to an activating group) is 1. The number of nitrogens with zero attached hydrogens (tertiary/aromatic N) is 2. The highest BCUT2D eigenvalue weighted by Gasteiger charge is 2.35. The third-order valence-corrected chi connectivity index (χ3v) is 6.54. The van der Waals surface area contributed by atoms with Crippen LogP contribution in [0.2, 0.25) is 0 Å². The van der Waals surface area contributed by atoms with Gasteiger partial charge in [0.2, 0.25) is 11.9 Å². The molecular formula is C24H30FN5O4. The molecule has 0 radical (unpaired) electrons. The summed E-state index contributed by atoms with van der Waals surface area (Å²) in [5, 5.41) is 7.83. The van der Waals surface area contributed by atoms with E-state index in [1.807, 2.05) is 0 Å². The zero-order valence-electron chi connectivity index (χ0n) is 20.0. The van der Waals surface area contributed by atoms with Crippen molar-refractivity contribution < 1.29 is 23.6 Å². The first-order chi connectivity index (χ1) is 16.1. The number of aryl methyl sites for hydroxylation is 1. The van der Waals surface area contributed by atoms with Crippen LogP contribution in [0, 0.1) is 32.6 Å². The fourth-order valence-electron chi connectivity index (χ4n) is 4.61. The molecule has 0 saturated heterocycles. The van der Waals surface area contributed by atoms with Gasteiger partial charge in [0, 0.05) is 25.4 Å². The third-order valence-electron chi connectivity index (χ3n) is 6.54. The summed E-state index contributed by atoms with van der Waals surface area (Å²) in [6.07, 6.45) is 4.75. The van der Waals surface area contributed by atoms with Crippen LogP contribution in [0.3, 0.4) is 0 Å². The number of aromatic nitrogens is 2. The fraction of sp³-hybridized carbons (Fsp3) is 0.458. The Morgan fingerprint density at radius 2 is 1.79 bits per heavy atom. The predicted octanol–water partition coefficient (Wildman–Crippen LogP) is 2.34. The number of hydrogen-bond acceptors (Lipinski definition) is 5. The number of hydrogen-bond donors (Lipinski definition) is 3. The summed E-state index contributed by atoms with van der Waals surface area (Å²) in [6, 6.07) is 0.664. The Kier molecular flexibility index (Phi) is 7.48. The predicted molar refractivity (Wildman–Crippen MR) is 124 cm³/mol. The summed E-state index contributed by atoms with van der Waals surface area (Å²) in [5.41, 5.74) is 1.70. The molecule has 2 aromatic heterocycles. The van der Waals surface area contributed by atoms with Gasteiger partial charge in [-0.05, 0) is 51.2 Å². The SMILES string of the molecule is CNC(=O)[C@@H](NC(=O)C(=O)c1c(C)c(C(=O)Nc2cnc(F)c(C)c2)c(C)n1C)C1CCCC1. The lowest BCUT2D eigenvalue weighted by Crippen LogP contribution is -2.51. The van der Waals surface area contributed by atoms with Gasteiger partial charge in [-0.15, -0.1) is 0 Å². The molecule has 1 atom stereocenters. The molecule has 9 nitrogen and oxygen atoms in total. The van der Waals surface area contributed by atoms with Crippen molar-refractivity contribution >= 4 is 29.2 Å². The Morgan fingerprint density at radius 3 is 2.38 bits per heavy atom. The first-order valence-electron chi connectivity index (χ1n) is 11.2. The molecule has 1 fully saturated rings. The number of pyridine rings is 1. The third kappa shape index (κ3) is 4.85. The minimum Gasteiger partial charge on any atom is -0.357 e. The van der Waals surface area contributed by atoms with Crippen LogP contribution in [0.25, 0.3) is 0 Å². The Hall–Kier alpha value is -3.56. The number of carbonyl (C=O) groups excluding carboxylic acids is 4. The summed E-state index contributed by atoms with van der Waals surface area (Å²) in [7, 11) is 3.09. The van der Waals surface area contributed by atoms with Gasteiger partial charge in [0.15, 0.2) is 0 Å². The molecule has 1 aliphatic carbocycles. The lowest BCUT2D eigenvalue weighted by molar-refractivity contribution is -0.128. The molecule has 10 heteroatoms. The van der Waals surface area contributed by atoms with E-state index in [0.717, 1.165) is 25.7 Å². The molecule has 0 unspecified atom stereocenters. The van der Waals surface area contributed by atoms with Crippen LogP contribution < -0.4 is 16.0 Å². The molecule has 0 aliphatic heterocycles. The molecule has 34 heavy (non-hydrogen) atoms. The number of amides is 3. The maximum Gasteiger partial charge on any atom is 0.294 e. The number of halogens is 1. The van der Waals surface area contributed by atoms with Crippen LogP contribution in [-0.2, 0) is 16.6 Å². The fourth-order valence-corrected chi connectivity index (χ4v) is 4.61. The molecule has 0 spiro atoms. The lowest BCUT2D eigenvalue weighted by Gasteiger charge is -2.22. The van der Waals surface area contributed by atoms with E-state index >= 15 is 0 Å². The average molecular weight is 472 g/mol. The quantitative estimate of drug-likeness (QED) is 0.325. The number of anilines is 1. The highest BCUT2D eigenvalue weighted by Crippen LogP contribution is 2.28. The molecule has 3 N–H and O–H groups in total. The van der Waals surface area contributed by atoms with E-state index in [0.29, 0.717) is 16.9 Å². The summed E-state index contributed by atoms with van der Waals surface area (Å²) < 4.78 is 14.9. The smallest absolute Gasteiger partial charge is 0.294 e. The second kappa shape index (κ2) is 10.1. The molecule has 0 bridgehead atoms. The molecule has 1 saturated carbocycles. The zero-order valence-corrected chi connectivity index (χ0v) is 20.0. The van der Waals surface area contributed by atoms with E-state index < -0.39 is 29.6 Å². The van der Waals surface area contributed by atoms with Crippen LogP contribution >= 0.6 is 0 Å². The van der Waals surface area contributed by atoms with Gasteiger partial charge >= 0.3 is 0 Å². The van der Waals surface area contributed by atoms with E-state index in [1.165, 1.54) is 30.8 Å². The minimum atomic E-state index is -0.894. The summed E-state index contributed by atoms with van der Waals surface area (Å²) >= 11 is 0. The molecule has 2 heterocycles. The lowest BCUT2D eigenvalue weighted by atomic mass is 9.97. The van der Waals surface area contributed by atoms with Gasteiger partial charge in [0.1, 0.15) is 6.04 Å². The van der Waals surface area contributed by atoms with Gasteiger partial charge in [-0.25, -0.2) is 4.98 Å². The highest BCUT2D eigenvalue weighted by atomic mass is 19.1. The Bertz CT molecular complexity index is 1150. The van der Waals surface area contributed by atoms with Crippen LogP contribution in [-0.4, -0.2) is 46.1 Å². The van der Waals surface area contributed by atoms with Crippen molar-refractivity contribution in [2.45, 2.75) is 52.5 Å². The highest BCUT2D eigenvalue weighted by molar-refractivity contribution is 6.43. The van der Waals surface area contributed by atoms with E-state index in [2.05, 4.69) is 20.9 Å². The monoisotopic (exact) mass is 471 g/mol. The number of nitrogens with one attached hydrogen (secondary N) is 3. The van der Waals surface area contributed by atoms with Crippen molar-refractivity contribution in [1.29, 1.82) is 0 Å². The molecule has 3 amide bonds.